The molecule has 1 N–H and O–H groups in total. The number of hydrogen-bond donors (Lipinski definition) is 1. The highest BCUT2D eigenvalue weighted by molar-refractivity contribution is 6.31. The molecule has 0 aliphatic carbocycles. The maximum atomic E-state index is 12.7. The minimum Gasteiger partial charge on any atom is -0.493 e. The second-order valence-electron chi connectivity index (χ2n) is 7.47. The summed E-state index contributed by atoms with van der Waals surface area (Å²) in [6.45, 7) is 10.5. The van der Waals surface area contributed by atoms with Gasteiger partial charge in [-0.15, -0.1) is 0 Å². The Balaban J connectivity index is 1.88. The molecule has 26 heavy (non-hydrogen) atoms. The monoisotopic (exact) mass is 373 g/mol. The molecule has 0 saturated heterocycles. The van der Waals surface area contributed by atoms with Gasteiger partial charge >= 0.3 is 0 Å². The number of amides is 1. The second-order valence-corrected chi connectivity index (χ2v) is 7.88. The molecule has 0 unspecified atom stereocenters. The molecule has 0 spiro atoms. The highest BCUT2D eigenvalue weighted by Gasteiger charge is 2.27. The molecule has 0 saturated carbocycles. The molecule has 0 heterocycles. The smallest absolute Gasteiger partial charge is 0.230 e. The molecule has 2 aromatic carbocycles. The van der Waals surface area contributed by atoms with E-state index in [4.69, 9.17) is 16.3 Å². The molecule has 2 aromatic rings. The molecule has 0 radical (unpaired) electrons. The summed E-state index contributed by atoms with van der Waals surface area (Å²) in [6, 6.07) is 11.7. The summed E-state index contributed by atoms with van der Waals surface area (Å²) in [5.74, 6) is 0.913. The van der Waals surface area contributed by atoms with Gasteiger partial charge < -0.3 is 10.1 Å². The van der Waals surface area contributed by atoms with Crippen LogP contribution < -0.4 is 10.1 Å². The van der Waals surface area contributed by atoms with Crippen LogP contribution in [0, 0.1) is 26.2 Å². The van der Waals surface area contributed by atoms with Crippen LogP contribution in [0.15, 0.2) is 36.4 Å². The second kappa shape index (κ2) is 8.59. The van der Waals surface area contributed by atoms with Crippen LogP contribution >= 0.6 is 11.6 Å². The number of aryl methyl sites for hydroxylation is 2. The molecule has 4 heteroatoms. The Hall–Kier alpha value is -2.00. The van der Waals surface area contributed by atoms with E-state index in [1.54, 1.807) is 0 Å². The van der Waals surface area contributed by atoms with E-state index in [1.165, 1.54) is 5.56 Å². The summed E-state index contributed by atoms with van der Waals surface area (Å²) in [4.78, 5) is 12.7. The quantitative estimate of drug-likeness (QED) is 0.596. The lowest BCUT2D eigenvalue weighted by atomic mass is 9.86. The van der Waals surface area contributed by atoms with Crippen LogP contribution in [0.25, 0.3) is 0 Å². The number of hydrogen-bond acceptors (Lipinski definition) is 2. The maximum absolute atomic E-state index is 12.7. The van der Waals surface area contributed by atoms with Crippen LogP contribution in [0.3, 0.4) is 0 Å². The van der Waals surface area contributed by atoms with Gasteiger partial charge in [-0.05, 0) is 68.5 Å². The number of nitrogens with one attached hydrogen (secondary N) is 1. The number of benzene rings is 2. The van der Waals surface area contributed by atoms with Crippen molar-refractivity contribution < 1.29 is 9.53 Å². The van der Waals surface area contributed by atoms with Crippen molar-refractivity contribution in [3.63, 3.8) is 0 Å². The molecule has 0 fully saturated rings. The van der Waals surface area contributed by atoms with Gasteiger partial charge in [-0.25, -0.2) is 0 Å². The maximum Gasteiger partial charge on any atom is 0.230 e. The zero-order valence-corrected chi connectivity index (χ0v) is 17.0. The lowest BCUT2D eigenvalue weighted by Gasteiger charge is -2.24. The Morgan fingerprint density at radius 3 is 2.62 bits per heavy atom. The van der Waals surface area contributed by atoms with E-state index in [0.717, 1.165) is 35.4 Å². The van der Waals surface area contributed by atoms with Crippen molar-refractivity contribution in [1.82, 2.24) is 0 Å². The fourth-order valence-electron chi connectivity index (χ4n) is 2.71. The summed E-state index contributed by atoms with van der Waals surface area (Å²) in [7, 11) is 0. The molecule has 0 aliphatic rings. The van der Waals surface area contributed by atoms with Crippen LogP contribution in [0.2, 0.25) is 5.02 Å². The molecule has 3 nitrogen and oxygen atoms in total. The van der Waals surface area contributed by atoms with Gasteiger partial charge in [0.05, 0.1) is 6.61 Å². The highest BCUT2D eigenvalue weighted by Crippen LogP contribution is 2.28. The predicted octanol–water partition coefficient (Wildman–Crippen LogP) is 6.09. The van der Waals surface area contributed by atoms with Crippen molar-refractivity contribution in [2.24, 2.45) is 5.41 Å². The van der Waals surface area contributed by atoms with Crippen molar-refractivity contribution in [3.8, 4) is 5.75 Å². The number of carbonyl (C=O) groups excluding carboxylic acids is 1. The van der Waals surface area contributed by atoms with E-state index < -0.39 is 5.41 Å². The van der Waals surface area contributed by atoms with Gasteiger partial charge in [-0.1, -0.05) is 43.6 Å². The third-order valence-electron chi connectivity index (χ3n) is 4.68. The average Bonchev–Trinajstić information content (AvgIpc) is 2.58. The lowest BCUT2D eigenvalue weighted by Crippen LogP contribution is -2.31. The minimum absolute atomic E-state index is 0.00500. The molecule has 1 amide bonds. The summed E-state index contributed by atoms with van der Waals surface area (Å²) < 4.78 is 5.90. The molecule has 0 aromatic heterocycles. The van der Waals surface area contributed by atoms with Crippen LogP contribution in [-0.2, 0) is 4.79 Å². The Morgan fingerprint density at radius 2 is 1.88 bits per heavy atom. The summed E-state index contributed by atoms with van der Waals surface area (Å²) >= 11 is 6.13. The Kier molecular flexibility index (Phi) is 6.71. The SMILES string of the molecule is Cc1ccc(C)c(OCCCC(C)(C)C(=O)Nc2cccc(Cl)c2C)c1. The summed E-state index contributed by atoms with van der Waals surface area (Å²) in [5.41, 5.74) is 3.48. The number of rotatable bonds is 7. The van der Waals surface area contributed by atoms with Gasteiger partial charge in [0.1, 0.15) is 5.75 Å². The van der Waals surface area contributed by atoms with E-state index in [-0.39, 0.29) is 5.91 Å². The Bertz CT molecular complexity index is 784. The topological polar surface area (TPSA) is 38.3 Å². The lowest BCUT2D eigenvalue weighted by molar-refractivity contribution is -0.124. The molecule has 2 rings (SSSR count). The van der Waals surface area contributed by atoms with Gasteiger partial charge in [0.2, 0.25) is 5.91 Å². The van der Waals surface area contributed by atoms with Crippen molar-refractivity contribution in [2.75, 3.05) is 11.9 Å². The fraction of sp³-hybridized carbons (Fsp3) is 0.409. The third kappa shape index (κ3) is 5.25. The Morgan fingerprint density at radius 1 is 1.15 bits per heavy atom. The van der Waals surface area contributed by atoms with Crippen LogP contribution in [0.5, 0.6) is 5.75 Å². The number of ether oxygens (including phenoxy) is 1. The van der Waals surface area contributed by atoms with Crippen LogP contribution in [0.4, 0.5) is 5.69 Å². The standard InChI is InChI=1S/C22H28ClNO2/c1-15-10-11-16(2)20(14-15)26-13-7-12-22(4,5)21(25)24-19-9-6-8-18(23)17(19)3/h6,8-11,14H,7,12-13H2,1-5H3,(H,24,25). The van der Waals surface area contributed by atoms with Crippen molar-refractivity contribution in [1.29, 1.82) is 0 Å². The van der Waals surface area contributed by atoms with E-state index in [0.29, 0.717) is 11.6 Å². The molecule has 0 atom stereocenters. The zero-order chi connectivity index (χ0) is 19.3. The van der Waals surface area contributed by atoms with Crippen molar-refractivity contribution in [3.05, 3.63) is 58.1 Å². The largest absolute Gasteiger partial charge is 0.493 e. The van der Waals surface area contributed by atoms with Crippen molar-refractivity contribution in [2.45, 2.75) is 47.5 Å². The minimum atomic E-state index is -0.486. The van der Waals surface area contributed by atoms with Gasteiger partial charge in [0.25, 0.3) is 0 Å². The summed E-state index contributed by atoms with van der Waals surface area (Å²) in [5, 5.41) is 3.66. The predicted molar refractivity (Wildman–Crippen MR) is 109 cm³/mol. The number of anilines is 1. The highest BCUT2D eigenvalue weighted by atomic mass is 35.5. The number of halogens is 1. The molecule has 0 aliphatic heterocycles. The first-order valence-electron chi connectivity index (χ1n) is 8.97. The van der Waals surface area contributed by atoms with Gasteiger partial charge in [-0.2, -0.15) is 0 Å². The van der Waals surface area contributed by atoms with Crippen LogP contribution in [-0.4, -0.2) is 12.5 Å². The Labute approximate surface area is 161 Å². The molecule has 140 valence electrons. The molecular formula is C22H28ClNO2. The fourth-order valence-corrected chi connectivity index (χ4v) is 2.88. The van der Waals surface area contributed by atoms with Gasteiger partial charge in [0.15, 0.2) is 0 Å². The normalized spacial score (nSPS) is 11.3. The van der Waals surface area contributed by atoms with E-state index in [2.05, 4.69) is 30.4 Å². The van der Waals surface area contributed by atoms with Crippen LogP contribution in [0.1, 0.15) is 43.4 Å². The molecular weight excluding hydrogens is 346 g/mol. The van der Waals surface area contributed by atoms with E-state index >= 15 is 0 Å². The van der Waals surface area contributed by atoms with E-state index in [1.807, 2.05) is 45.9 Å². The zero-order valence-electron chi connectivity index (χ0n) is 16.3. The number of carbonyl (C=O) groups is 1. The first-order chi connectivity index (χ1) is 12.2. The van der Waals surface area contributed by atoms with Crippen molar-refractivity contribution >= 4 is 23.2 Å². The third-order valence-corrected chi connectivity index (χ3v) is 5.09. The average molecular weight is 374 g/mol. The summed E-state index contributed by atoms with van der Waals surface area (Å²) in [6.07, 6.45) is 1.55. The van der Waals surface area contributed by atoms with E-state index in [9.17, 15) is 4.79 Å². The first kappa shape index (κ1) is 20.3. The molecule has 0 bridgehead atoms. The van der Waals surface area contributed by atoms with Gasteiger partial charge in [0, 0.05) is 16.1 Å². The first-order valence-corrected chi connectivity index (χ1v) is 9.35. The van der Waals surface area contributed by atoms with Gasteiger partial charge in [-0.3, -0.25) is 4.79 Å².